The van der Waals surface area contributed by atoms with Crippen LogP contribution in [0.25, 0.3) is 11.1 Å². The molecule has 1 aliphatic rings. The maximum absolute atomic E-state index is 12.6. The molecule has 0 unspecified atom stereocenters. The molecular formula is C24H20BrNO5. The summed E-state index contributed by atoms with van der Waals surface area (Å²) in [6.45, 7) is 2.22. The van der Waals surface area contributed by atoms with Crippen LogP contribution in [-0.4, -0.2) is 30.4 Å². The van der Waals surface area contributed by atoms with Crippen molar-refractivity contribution in [1.29, 1.82) is 0 Å². The maximum atomic E-state index is 12.6. The summed E-state index contributed by atoms with van der Waals surface area (Å²) in [6, 6.07) is 19.1. The highest BCUT2D eigenvalue weighted by atomic mass is 79.9. The molecule has 31 heavy (non-hydrogen) atoms. The molecular weight excluding hydrogens is 462 g/mol. The normalized spacial score (nSPS) is 12.1. The molecule has 158 valence electrons. The van der Waals surface area contributed by atoms with Crippen LogP contribution in [0.1, 0.15) is 34.3 Å². The Morgan fingerprint density at radius 1 is 1.03 bits per heavy atom. The number of benzene rings is 3. The predicted molar refractivity (Wildman–Crippen MR) is 121 cm³/mol. The van der Waals surface area contributed by atoms with Gasteiger partial charge in [0.15, 0.2) is 0 Å². The molecule has 0 saturated carbocycles. The zero-order chi connectivity index (χ0) is 22.0. The van der Waals surface area contributed by atoms with Crippen LogP contribution in [0.4, 0.5) is 10.5 Å². The quantitative estimate of drug-likeness (QED) is 0.457. The summed E-state index contributed by atoms with van der Waals surface area (Å²) in [5, 5.41) is 12.1. The number of ether oxygens (including phenoxy) is 2. The molecule has 7 heteroatoms. The van der Waals surface area contributed by atoms with E-state index >= 15 is 0 Å². The number of anilines is 1. The average Bonchev–Trinajstić information content (AvgIpc) is 3.08. The summed E-state index contributed by atoms with van der Waals surface area (Å²) in [5.74, 6) is -1.02. The molecule has 4 rings (SSSR count). The van der Waals surface area contributed by atoms with E-state index < -0.39 is 12.1 Å². The first kappa shape index (κ1) is 20.9. The van der Waals surface area contributed by atoms with Gasteiger partial charge in [-0.3, -0.25) is 5.32 Å². The third kappa shape index (κ3) is 4.14. The van der Waals surface area contributed by atoms with Gasteiger partial charge in [-0.15, -0.1) is 0 Å². The lowest BCUT2D eigenvalue weighted by molar-refractivity contribution is 0.0697. The average molecular weight is 482 g/mol. The fourth-order valence-corrected chi connectivity index (χ4v) is 4.32. The number of halogens is 1. The van der Waals surface area contributed by atoms with Gasteiger partial charge in [-0.25, -0.2) is 9.59 Å². The lowest BCUT2D eigenvalue weighted by atomic mass is 9.98. The number of rotatable bonds is 6. The topological polar surface area (TPSA) is 84.9 Å². The summed E-state index contributed by atoms with van der Waals surface area (Å²) >= 11 is 3.27. The molecule has 0 saturated heterocycles. The molecule has 1 amide bonds. The second-order valence-electron chi connectivity index (χ2n) is 7.02. The number of nitrogens with one attached hydrogen (secondary N) is 1. The highest BCUT2D eigenvalue weighted by Crippen LogP contribution is 2.44. The number of carbonyl (C=O) groups excluding carboxylic acids is 1. The van der Waals surface area contributed by atoms with Gasteiger partial charge >= 0.3 is 12.1 Å². The Bertz CT molecular complexity index is 1110. The van der Waals surface area contributed by atoms with Crippen LogP contribution in [0.15, 0.2) is 65.1 Å². The van der Waals surface area contributed by atoms with Crippen LogP contribution >= 0.6 is 15.9 Å². The van der Waals surface area contributed by atoms with Crippen molar-refractivity contribution in [3.05, 3.63) is 81.8 Å². The van der Waals surface area contributed by atoms with E-state index in [1.54, 1.807) is 13.0 Å². The van der Waals surface area contributed by atoms with E-state index in [0.717, 1.165) is 22.3 Å². The molecule has 0 aromatic heterocycles. The number of hydrogen-bond acceptors (Lipinski definition) is 4. The minimum atomic E-state index is -1.18. The summed E-state index contributed by atoms with van der Waals surface area (Å²) in [5.41, 5.74) is 4.43. The maximum Gasteiger partial charge on any atom is 0.411 e. The SMILES string of the molecule is CCOc1cc(Br)cc(C(=O)O)c1NC(=O)OCC1c2ccccc2-c2ccccc21. The van der Waals surface area contributed by atoms with Gasteiger partial charge in [0.2, 0.25) is 0 Å². The van der Waals surface area contributed by atoms with Gasteiger partial charge in [0.1, 0.15) is 18.0 Å². The molecule has 3 aromatic carbocycles. The molecule has 0 aliphatic heterocycles. The second kappa shape index (κ2) is 8.81. The van der Waals surface area contributed by atoms with E-state index in [4.69, 9.17) is 9.47 Å². The fourth-order valence-electron chi connectivity index (χ4n) is 3.89. The van der Waals surface area contributed by atoms with Gasteiger partial charge in [-0.2, -0.15) is 0 Å². The molecule has 0 heterocycles. The second-order valence-corrected chi connectivity index (χ2v) is 7.93. The zero-order valence-electron chi connectivity index (χ0n) is 16.7. The van der Waals surface area contributed by atoms with Crippen molar-refractivity contribution in [3.63, 3.8) is 0 Å². The van der Waals surface area contributed by atoms with Crippen molar-refractivity contribution >= 4 is 33.7 Å². The first-order chi connectivity index (χ1) is 15.0. The first-order valence-electron chi connectivity index (χ1n) is 9.81. The Morgan fingerprint density at radius 3 is 2.23 bits per heavy atom. The van der Waals surface area contributed by atoms with Crippen molar-refractivity contribution in [2.24, 2.45) is 0 Å². The summed E-state index contributed by atoms with van der Waals surface area (Å²) in [6.07, 6.45) is -0.743. The molecule has 0 radical (unpaired) electrons. The highest BCUT2D eigenvalue weighted by molar-refractivity contribution is 9.10. The van der Waals surface area contributed by atoms with Crippen LogP contribution in [0.3, 0.4) is 0 Å². The van der Waals surface area contributed by atoms with Crippen molar-refractivity contribution in [2.75, 3.05) is 18.5 Å². The molecule has 2 N–H and O–H groups in total. The van der Waals surface area contributed by atoms with Crippen LogP contribution in [-0.2, 0) is 4.74 Å². The van der Waals surface area contributed by atoms with Crippen LogP contribution in [0.2, 0.25) is 0 Å². The Kier molecular flexibility index (Phi) is 5.95. The number of carboxylic acids is 1. The van der Waals surface area contributed by atoms with E-state index in [0.29, 0.717) is 11.1 Å². The third-order valence-corrected chi connectivity index (χ3v) is 5.63. The minimum Gasteiger partial charge on any atom is -0.492 e. The molecule has 0 atom stereocenters. The summed E-state index contributed by atoms with van der Waals surface area (Å²) in [4.78, 5) is 24.3. The van der Waals surface area contributed by atoms with Gasteiger partial charge in [0.25, 0.3) is 0 Å². The van der Waals surface area contributed by atoms with Crippen molar-refractivity contribution in [3.8, 4) is 16.9 Å². The Hall–Kier alpha value is -3.32. The summed E-state index contributed by atoms with van der Waals surface area (Å²) in [7, 11) is 0. The summed E-state index contributed by atoms with van der Waals surface area (Å²) < 4.78 is 11.6. The van der Waals surface area contributed by atoms with Crippen molar-refractivity contribution in [1.82, 2.24) is 0 Å². The number of aromatic carboxylic acids is 1. The third-order valence-electron chi connectivity index (χ3n) is 5.17. The van der Waals surface area contributed by atoms with E-state index in [9.17, 15) is 14.7 Å². The zero-order valence-corrected chi connectivity index (χ0v) is 18.3. The van der Waals surface area contributed by atoms with E-state index in [1.807, 2.05) is 36.4 Å². The van der Waals surface area contributed by atoms with Crippen LogP contribution in [0, 0.1) is 0 Å². The molecule has 6 nitrogen and oxygen atoms in total. The molecule has 1 aliphatic carbocycles. The molecule has 0 bridgehead atoms. The number of hydrogen-bond donors (Lipinski definition) is 2. The molecule has 0 spiro atoms. The van der Waals surface area contributed by atoms with Gasteiger partial charge in [0, 0.05) is 10.4 Å². The highest BCUT2D eigenvalue weighted by Gasteiger charge is 2.29. The first-order valence-corrected chi connectivity index (χ1v) is 10.6. The standard InChI is InChI=1S/C24H20BrNO5/c1-2-30-21-12-14(25)11-19(23(27)28)22(21)26-24(29)31-13-20-17-9-5-3-7-15(17)16-8-4-6-10-18(16)20/h3-12,20H,2,13H2,1H3,(H,26,29)(H,27,28). The molecule has 3 aromatic rings. The number of carbonyl (C=O) groups is 2. The van der Waals surface area contributed by atoms with E-state index in [1.165, 1.54) is 6.07 Å². The van der Waals surface area contributed by atoms with Gasteiger partial charge in [-0.05, 0) is 41.3 Å². The Balaban J connectivity index is 1.55. The van der Waals surface area contributed by atoms with Gasteiger partial charge in [0.05, 0.1) is 12.2 Å². The Labute approximate surface area is 187 Å². The van der Waals surface area contributed by atoms with Gasteiger partial charge in [-0.1, -0.05) is 64.5 Å². The largest absolute Gasteiger partial charge is 0.492 e. The smallest absolute Gasteiger partial charge is 0.411 e. The Morgan fingerprint density at radius 2 is 1.65 bits per heavy atom. The number of carboxylic acid groups (broad SMARTS) is 1. The van der Waals surface area contributed by atoms with E-state index in [2.05, 4.69) is 33.4 Å². The number of fused-ring (bicyclic) bond motifs is 3. The van der Waals surface area contributed by atoms with Crippen LogP contribution < -0.4 is 10.1 Å². The lowest BCUT2D eigenvalue weighted by Gasteiger charge is -2.17. The fraction of sp³-hybridized carbons (Fsp3) is 0.167. The van der Waals surface area contributed by atoms with Crippen molar-refractivity contribution in [2.45, 2.75) is 12.8 Å². The molecule has 0 fully saturated rings. The number of amides is 1. The monoisotopic (exact) mass is 481 g/mol. The van der Waals surface area contributed by atoms with Crippen LogP contribution in [0.5, 0.6) is 5.75 Å². The van der Waals surface area contributed by atoms with Crippen molar-refractivity contribution < 1.29 is 24.2 Å². The minimum absolute atomic E-state index is 0.0646. The lowest BCUT2D eigenvalue weighted by Crippen LogP contribution is -2.20. The van der Waals surface area contributed by atoms with E-state index in [-0.39, 0.29) is 29.5 Å². The predicted octanol–water partition coefficient (Wildman–Crippen LogP) is 5.91. The van der Waals surface area contributed by atoms with Gasteiger partial charge < -0.3 is 14.6 Å².